The fraction of sp³-hybridized carbons (Fsp3) is 0.500. The Morgan fingerprint density at radius 2 is 2.00 bits per heavy atom. The Kier molecular flexibility index (Phi) is 2.82. The van der Waals surface area contributed by atoms with Gasteiger partial charge in [0.15, 0.2) is 11.4 Å². The molecule has 0 aliphatic heterocycles. The van der Waals surface area contributed by atoms with Crippen LogP contribution in [0.25, 0.3) is 11.0 Å². The Labute approximate surface area is 117 Å². The van der Waals surface area contributed by atoms with Gasteiger partial charge in [0.2, 0.25) is 0 Å². The average molecular weight is 274 g/mol. The highest BCUT2D eigenvalue weighted by atomic mass is 19.1. The first-order valence-corrected chi connectivity index (χ1v) is 7.43. The lowest BCUT2D eigenvalue weighted by atomic mass is 10.0. The van der Waals surface area contributed by atoms with Crippen LogP contribution in [0.5, 0.6) is 0 Å². The largest absolute Gasteiger partial charge is 0.456 e. The van der Waals surface area contributed by atoms with Crippen LogP contribution in [0.4, 0.5) is 4.39 Å². The number of halogens is 1. The Bertz CT molecular complexity index is 626. The summed E-state index contributed by atoms with van der Waals surface area (Å²) in [7, 11) is 0. The molecule has 3 atom stereocenters. The van der Waals surface area contributed by atoms with Gasteiger partial charge < -0.3 is 4.42 Å². The highest BCUT2D eigenvalue weighted by molar-refractivity contribution is 5.78. The Morgan fingerprint density at radius 1 is 1.25 bits per heavy atom. The predicted octanol–water partition coefficient (Wildman–Crippen LogP) is 3.51. The van der Waals surface area contributed by atoms with Gasteiger partial charge in [-0.15, -0.1) is 0 Å². The lowest BCUT2D eigenvalue weighted by Crippen LogP contribution is -2.30. The minimum atomic E-state index is -0.308. The predicted molar refractivity (Wildman–Crippen MR) is 75.2 cm³/mol. The van der Waals surface area contributed by atoms with E-state index >= 15 is 0 Å². The van der Waals surface area contributed by atoms with Crippen molar-refractivity contribution in [3.63, 3.8) is 0 Å². The monoisotopic (exact) mass is 274 g/mol. The van der Waals surface area contributed by atoms with Crippen LogP contribution >= 0.6 is 0 Å². The highest BCUT2D eigenvalue weighted by Crippen LogP contribution is 2.60. The van der Waals surface area contributed by atoms with Crippen molar-refractivity contribution in [1.82, 2.24) is 5.43 Å². The van der Waals surface area contributed by atoms with Gasteiger partial charge in [0.05, 0.1) is 6.04 Å². The third-order valence-corrected chi connectivity index (χ3v) is 5.11. The number of hydrogen-bond donors (Lipinski definition) is 2. The summed E-state index contributed by atoms with van der Waals surface area (Å²) in [5.74, 6) is 8.30. The van der Waals surface area contributed by atoms with Crippen LogP contribution in [0.1, 0.15) is 37.5 Å². The van der Waals surface area contributed by atoms with Crippen molar-refractivity contribution in [1.29, 1.82) is 0 Å². The molecule has 1 aromatic heterocycles. The van der Waals surface area contributed by atoms with Crippen molar-refractivity contribution in [3.05, 3.63) is 35.8 Å². The lowest BCUT2D eigenvalue weighted by Gasteiger charge is -2.13. The number of para-hydroxylation sites is 1. The van der Waals surface area contributed by atoms with Crippen molar-refractivity contribution in [2.75, 3.05) is 0 Å². The molecule has 2 saturated carbocycles. The first-order chi connectivity index (χ1) is 9.79. The molecule has 3 nitrogen and oxygen atoms in total. The molecule has 4 heteroatoms. The molecular formula is C16H19FN2O. The van der Waals surface area contributed by atoms with E-state index in [1.807, 2.05) is 12.1 Å². The molecule has 0 bridgehead atoms. The van der Waals surface area contributed by atoms with Crippen LogP contribution in [0.15, 0.2) is 28.7 Å². The highest BCUT2D eigenvalue weighted by Gasteiger charge is 2.55. The number of hydrogen-bond acceptors (Lipinski definition) is 3. The molecule has 0 spiro atoms. The zero-order valence-electron chi connectivity index (χ0n) is 11.3. The van der Waals surface area contributed by atoms with Crippen LogP contribution in [0.3, 0.4) is 0 Å². The molecule has 1 aromatic carbocycles. The van der Waals surface area contributed by atoms with Gasteiger partial charge in [-0.25, -0.2) is 9.82 Å². The van der Waals surface area contributed by atoms with Crippen molar-refractivity contribution >= 4 is 11.0 Å². The van der Waals surface area contributed by atoms with Gasteiger partial charge in [0, 0.05) is 5.39 Å². The number of fused-ring (bicyclic) bond motifs is 2. The van der Waals surface area contributed by atoms with Crippen molar-refractivity contribution in [2.24, 2.45) is 23.6 Å². The van der Waals surface area contributed by atoms with Gasteiger partial charge in [-0.3, -0.25) is 5.84 Å². The lowest BCUT2D eigenvalue weighted by molar-refractivity contribution is 0.376. The molecule has 2 aliphatic rings. The smallest absolute Gasteiger partial charge is 0.169 e. The van der Waals surface area contributed by atoms with E-state index in [2.05, 4.69) is 5.43 Å². The topological polar surface area (TPSA) is 51.2 Å². The molecule has 0 radical (unpaired) electrons. The van der Waals surface area contributed by atoms with Crippen LogP contribution in [-0.4, -0.2) is 0 Å². The molecule has 20 heavy (non-hydrogen) atoms. The second-order valence-electron chi connectivity index (χ2n) is 6.14. The Morgan fingerprint density at radius 3 is 2.65 bits per heavy atom. The van der Waals surface area contributed by atoms with E-state index in [9.17, 15) is 4.39 Å². The maximum atomic E-state index is 13.7. The second-order valence-corrected chi connectivity index (χ2v) is 6.14. The number of nitrogens with one attached hydrogen (secondary N) is 1. The summed E-state index contributed by atoms with van der Waals surface area (Å²) in [6.07, 6.45) is 5.23. The zero-order valence-corrected chi connectivity index (χ0v) is 11.3. The standard InChI is InChI=1S/C16H19FN2O/c17-12-7-3-4-9-8-13(20-16(9)12)15(19-18)14-10-5-1-2-6-11(10)14/h3-4,7-8,10-11,14-15,19H,1-2,5-6,18H2. The summed E-state index contributed by atoms with van der Waals surface area (Å²) >= 11 is 0. The molecule has 1 heterocycles. The molecule has 3 unspecified atom stereocenters. The van der Waals surface area contributed by atoms with Crippen molar-refractivity contribution < 1.29 is 8.81 Å². The van der Waals surface area contributed by atoms with Crippen LogP contribution in [0.2, 0.25) is 0 Å². The first kappa shape index (κ1) is 12.4. The zero-order chi connectivity index (χ0) is 13.7. The summed E-state index contributed by atoms with van der Waals surface area (Å²) in [6.45, 7) is 0. The molecule has 4 rings (SSSR count). The summed E-state index contributed by atoms with van der Waals surface area (Å²) in [5.41, 5.74) is 3.24. The van der Waals surface area contributed by atoms with Crippen molar-refractivity contribution in [3.8, 4) is 0 Å². The number of nitrogens with two attached hydrogens (primary N) is 1. The summed E-state index contributed by atoms with van der Waals surface area (Å²) < 4.78 is 19.5. The average Bonchev–Trinajstić information content (AvgIpc) is 3.00. The Hall–Kier alpha value is -1.39. The van der Waals surface area contributed by atoms with Gasteiger partial charge >= 0.3 is 0 Å². The SMILES string of the molecule is NNC(c1cc2cccc(F)c2o1)C1C2CCCCC21. The molecule has 2 aromatic rings. The Balaban J connectivity index is 1.68. The molecule has 2 aliphatic carbocycles. The normalized spacial score (nSPS) is 30.2. The maximum absolute atomic E-state index is 13.7. The number of rotatable bonds is 3. The van der Waals surface area contributed by atoms with E-state index in [1.165, 1.54) is 31.7 Å². The molecule has 0 amide bonds. The maximum Gasteiger partial charge on any atom is 0.169 e. The molecule has 3 N–H and O–H groups in total. The summed E-state index contributed by atoms with van der Waals surface area (Å²) in [5, 5.41) is 0.809. The fourth-order valence-electron chi connectivity index (χ4n) is 4.13. The van der Waals surface area contributed by atoms with Crippen LogP contribution in [0, 0.1) is 23.6 Å². The minimum absolute atomic E-state index is 0.00917. The number of benzene rings is 1. The fourth-order valence-corrected chi connectivity index (χ4v) is 4.13. The van der Waals surface area contributed by atoms with Gasteiger partial charge in [0.25, 0.3) is 0 Å². The van der Waals surface area contributed by atoms with E-state index in [-0.39, 0.29) is 11.9 Å². The van der Waals surface area contributed by atoms with Gasteiger partial charge in [-0.05, 0) is 42.7 Å². The van der Waals surface area contributed by atoms with E-state index in [1.54, 1.807) is 6.07 Å². The van der Waals surface area contributed by atoms with E-state index < -0.39 is 0 Å². The van der Waals surface area contributed by atoms with E-state index in [4.69, 9.17) is 10.3 Å². The number of hydrazine groups is 1. The second kappa shape index (κ2) is 4.57. The quantitative estimate of drug-likeness (QED) is 0.665. The van der Waals surface area contributed by atoms with E-state index in [0.717, 1.165) is 23.0 Å². The number of furan rings is 1. The molecule has 2 fully saturated rings. The van der Waals surface area contributed by atoms with Crippen LogP contribution in [-0.2, 0) is 0 Å². The third-order valence-electron chi connectivity index (χ3n) is 5.11. The molecule has 0 saturated heterocycles. The molecular weight excluding hydrogens is 255 g/mol. The summed E-state index contributed by atoms with van der Waals surface area (Å²) in [4.78, 5) is 0. The van der Waals surface area contributed by atoms with E-state index in [0.29, 0.717) is 11.5 Å². The third kappa shape index (κ3) is 1.79. The van der Waals surface area contributed by atoms with Gasteiger partial charge in [-0.1, -0.05) is 25.0 Å². The van der Waals surface area contributed by atoms with Crippen LogP contribution < -0.4 is 11.3 Å². The van der Waals surface area contributed by atoms with Gasteiger partial charge in [-0.2, -0.15) is 0 Å². The van der Waals surface area contributed by atoms with Gasteiger partial charge in [0.1, 0.15) is 5.76 Å². The summed E-state index contributed by atoms with van der Waals surface area (Å²) in [6, 6.07) is 6.94. The molecule has 106 valence electrons. The van der Waals surface area contributed by atoms with Crippen molar-refractivity contribution in [2.45, 2.75) is 31.7 Å². The minimum Gasteiger partial charge on any atom is -0.456 e. The first-order valence-electron chi connectivity index (χ1n) is 7.43.